The molecule has 0 radical (unpaired) electrons. The molecule has 2 aromatic rings. The van der Waals surface area contributed by atoms with E-state index in [1.165, 1.54) is 14.2 Å². The highest BCUT2D eigenvalue weighted by Gasteiger charge is 2.22. The van der Waals surface area contributed by atoms with Crippen LogP contribution in [0.3, 0.4) is 0 Å². The number of rotatable bonds is 4. The number of ether oxygens (including phenoxy) is 2. The van der Waals surface area contributed by atoms with Crippen molar-refractivity contribution in [2.75, 3.05) is 14.2 Å². The second kappa shape index (κ2) is 5.88. The SMILES string of the molecule is COCc1nc(-c2cccc(C)c2C)oc1C(=O)OC. The first kappa shape index (κ1) is 14.3. The van der Waals surface area contributed by atoms with Gasteiger partial charge in [0, 0.05) is 12.7 Å². The van der Waals surface area contributed by atoms with Crippen LogP contribution in [0.4, 0.5) is 0 Å². The first-order valence-electron chi connectivity index (χ1n) is 6.22. The van der Waals surface area contributed by atoms with E-state index in [4.69, 9.17) is 13.9 Å². The Kier molecular flexibility index (Phi) is 4.20. The minimum Gasteiger partial charge on any atom is -0.463 e. The number of benzene rings is 1. The van der Waals surface area contributed by atoms with Gasteiger partial charge >= 0.3 is 5.97 Å². The van der Waals surface area contributed by atoms with Crippen LogP contribution in [0.1, 0.15) is 27.4 Å². The molecule has 0 spiro atoms. The van der Waals surface area contributed by atoms with E-state index < -0.39 is 5.97 Å². The maximum absolute atomic E-state index is 11.7. The summed E-state index contributed by atoms with van der Waals surface area (Å²) < 4.78 is 15.3. The van der Waals surface area contributed by atoms with Gasteiger partial charge in [-0.3, -0.25) is 0 Å². The minimum absolute atomic E-state index is 0.0882. The maximum Gasteiger partial charge on any atom is 0.376 e. The number of oxazole rings is 1. The van der Waals surface area contributed by atoms with E-state index in [9.17, 15) is 4.79 Å². The highest BCUT2D eigenvalue weighted by atomic mass is 16.5. The molecule has 0 bridgehead atoms. The lowest BCUT2D eigenvalue weighted by molar-refractivity contribution is 0.0559. The Labute approximate surface area is 117 Å². The van der Waals surface area contributed by atoms with E-state index in [1.807, 2.05) is 32.0 Å². The number of aromatic nitrogens is 1. The summed E-state index contributed by atoms with van der Waals surface area (Å²) >= 11 is 0. The molecule has 1 aromatic carbocycles. The number of methoxy groups -OCH3 is 2. The van der Waals surface area contributed by atoms with Gasteiger partial charge in [0.2, 0.25) is 11.7 Å². The quantitative estimate of drug-likeness (QED) is 0.803. The molecule has 0 saturated heterocycles. The van der Waals surface area contributed by atoms with Gasteiger partial charge in [-0.1, -0.05) is 12.1 Å². The Morgan fingerprint density at radius 2 is 2.05 bits per heavy atom. The third-order valence-corrected chi connectivity index (χ3v) is 3.18. The number of carbonyl (C=O) groups is 1. The second-order valence-corrected chi connectivity index (χ2v) is 4.47. The molecule has 5 heteroatoms. The van der Waals surface area contributed by atoms with Gasteiger partial charge in [0.1, 0.15) is 5.69 Å². The molecule has 0 unspecified atom stereocenters. The van der Waals surface area contributed by atoms with Crippen molar-refractivity contribution < 1.29 is 18.7 Å². The predicted molar refractivity (Wildman–Crippen MR) is 73.5 cm³/mol. The van der Waals surface area contributed by atoms with Gasteiger partial charge in [0.25, 0.3) is 0 Å². The number of hydrogen-bond acceptors (Lipinski definition) is 5. The van der Waals surface area contributed by atoms with Crippen LogP contribution in [-0.4, -0.2) is 25.2 Å². The van der Waals surface area contributed by atoms with Crippen molar-refractivity contribution in [3.63, 3.8) is 0 Å². The summed E-state index contributed by atoms with van der Waals surface area (Å²) in [5.74, 6) is -0.0648. The zero-order valence-corrected chi connectivity index (χ0v) is 12.0. The van der Waals surface area contributed by atoms with Gasteiger partial charge in [-0.25, -0.2) is 9.78 Å². The number of nitrogens with zero attached hydrogens (tertiary/aromatic N) is 1. The number of aryl methyl sites for hydroxylation is 1. The van der Waals surface area contributed by atoms with Gasteiger partial charge in [-0.15, -0.1) is 0 Å². The highest BCUT2D eigenvalue weighted by Crippen LogP contribution is 2.27. The summed E-state index contributed by atoms with van der Waals surface area (Å²) in [6, 6.07) is 5.85. The van der Waals surface area contributed by atoms with E-state index >= 15 is 0 Å². The summed E-state index contributed by atoms with van der Waals surface area (Å²) in [5, 5.41) is 0. The molecule has 20 heavy (non-hydrogen) atoms. The Balaban J connectivity index is 2.52. The Morgan fingerprint density at radius 3 is 2.70 bits per heavy atom. The van der Waals surface area contributed by atoms with Crippen molar-refractivity contribution >= 4 is 5.97 Å². The van der Waals surface area contributed by atoms with Crippen molar-refractivity contribution in [3.05, 3.63) is 40.8 Å². The monoisotopic (exact) mass is 275 g/mol. The molecule has 2 rings (SSSR count). The molecule has 0 amide bonds. The van der Waals surface area contributed by atoms with Crippen LogP contribution in [0.2, 0.25) is 0 Å². The van der Waals surface area contributed by atoms with Crippen molar-refractivity contribution in [1.29, 1.82) is 0 Å². The fourth-order valence-corrected chi connectivity index (χ4v) is 1.94. The van der Waals surface area contributed by atoms with Crippen molar-refractivity contribution in [1.82, 2.24) is 4.98 Å². The van der Waals surface area contributed by atoms with Crippen molar-refractivity contribution in [2.24, 2.45) is 0 Å². The Morgan fingerprint density at radius 1 is 1.30 bits per heavy atom. The molecule has 106 valence electrons. The average Bonchev–Trinajstić information content (AvgIpc) is 2.85. The van der Waals surface area contributed by atoms with Crippen LogP contribution in [0.5, 0.6) is 0 Å². The van der Waals surface area contributed by atoms with Gasteiger partial charge in [0.05, 0.1) is 13.7 Å². The molecule has 0 fully saturated rings. The van der Waals surface area contributed by atoms with Crippen LogP contribution < -0.4 is 0 Å². The third-order valence-electron chi connectivity index (χ3n) is 3.18. The zero-order chi connectivity index (χ0) is 14.7. The fraction of sp³-hybridized carbons (Fsp3) is 0.333. The van der Waals surface area contributed by atoms with Gasteiger partial charge in [-0.2, -0.15) is 0 Å². The first-order valence-corrected chi connectivity index (χ1v) is 6.22. The molecule has 0 atom stereocenters. The zero-order valence-electron chi connectivity index (χ0n) is 12.0. The molecule has 0 N–H and O–H groups in total. The fourth-order valence-electron chi connectivity index (χ4n) is 1.94. The van der Waals surface area contributed by atoms with Gasteiger partial charge < -0.3 is 13.9 Å². The Hall–Kier alpha value is -2.14. The van der Waals surface area contributed by atoms with E-state index in [2.05, 4.69) is 4.98 Å². The Bertz CT molecular complexity index is 631. The van der Waals surface area contributed by atoms with Crippen molar-refractivity contribution in [3.8, 4) is 11.5 Å². The van der Waals surface area contributed by atoms with Crippen LogP contribution in [0, 0.1) is 13.8 Å². The summed E-state index contributed by atoms with van der Waals surface area (Å²) in [6.07, 6.45) is 0. The molecule has 0 saturated carbocycles. The molecular formula is C15H17NO4. The summed E-state index contributed by atoms with van der Waals surface area (Å²) in [4.78, 5) is 16.0. The number of carbonyl (C=O) groups excluding carboxylic acids is 1. The molecule has 0 aliphatic carbocycles. The van der Waals surface area contributed by atoms with Gasteiger partial charge in [-0.05, 0) is 31.0 Å². The minimum atomic E-state index is -0.555. The maximum atomic E-state index is 11.7. The highest BCUT2D eigenvalue weighted by molar-refractivity contribution is 5.88. The number of hydrogen-bond donors (Lipinski definition) is 0. The van der Waals surface area contributed by atoms with Crippen LogP contribution >= 0.6 is 0 Å². The predicted octanol–water partition coefficient (Wildman–Crippen LogP) is 2.89. The lowest BCUT2D eigenvalue weighted by Gasteiger charge is -2.04. The first-order chi connectivity index (χ1) is 9.58. The standard InChI is InChI=1S/C15H17NO4/c1-9-6-5-7-11(10(9)2)14-16-12(8-18-3)13(20-14)15(17)19-4/h5-7H,8H2,1-4H3. The lowest BCUT2D eigenvalue weighted by Crippen LogP contribution is -2.04. The third kappa shape index (κ3) is 2.58. The van der Waals surface area contributed by atoms with E-state index in [-0.39, 0.29) is 12.4 Å². The molecular weight excluding hydrogens is 258 g/mol. The molecule has 1 aromatic heterocycles. The largest absolute Gasteiger partial charge is 0.463 e. The molecule has 0 aliphatic heterocycles. The summed E-state index contributed by atoms with van der Waals surface area (Å²) in [6.45, 7) is 4.19. The van der Waals surface area contributed by atoms with Crippen LogP contribution in [0.15, 0.2) is 22.6 Å². The molecule has 1 heterocycles. The van der Waals surface area contributed by atoms with E-state index in [0.29, 0.717) is 11.6 Å². The topological polar surface area (TPSA) is 61.6 Å². The summed E-state index contributed by atoms with van der Waals surface area (Å²) in [5.41, 5.74) is 3.50. The summed E-state index contributed by atoms with van der Waals surface area (Å²) in [7, 11) is 2.84. The molecule has 0 aliphatic rings. The van der Waals surface area contributed by atoms with E-state index in [0.717, 1.165) is 16.7 Å². The smallest absolute Gasteiger partial charge is 0.376 e. The second-order valence-electron chi connectivity index (χ2n) is 4.47. The van der Waals surface area contributed by atoms with Crippen LogP contribution in [0.25, 0.3) is 11.5 Å². The lowest BCUT2D eigenvalue weighted by atomic mass is 10.0. The van der Waals surface area contributed by atoms with Crippen LogP contribution in [-0.2, 0) is 16.1 Å². The van der Waals surface area contributed by atoms with Crippen molar-refractivity contribution in [2.45, 2.75) is 20.5 Å². The average molecular weight is 275 g/mol. The normalized spacial score (nSPS) is 10.6. The van der Waals surface area contributed by atoms with E-state index in [1.54, 1.807) is 0 Å². The molecule has 5 nitrogen and oxygen atoms in total. The van der Waals surface area contributed by atoms with Gasteiger partial charge in [0.15, 0.2) is 0 Å². The number of esters is 1.